The van der Waals surface area contributed by atoms with Crippen LogP contribution in [0.4, 0.5) is 10.1 Å². The van der Waals surface area contributed by atoms with Crippen LogP contribution in [0.2, 0.25) is 0 Å². The largest absolute Gasteiger partial charge is 0.454 e. The molecule has 0 fully saturated rings. The predicted octanol–water partition coefficient (Wildman–Crippen LogP) is 3.60. The van der Waals surface area contributed by atoms with Crippen molar-refractivity contribution in [3.63, 3.8) is 0 Å². The summed E-state index contributed by atoms with van der Waals surface area (Å²) in [6.45, 7) is 0.140. The summed E-state index contributed by atoms with van der Waals surface area (Å²) in [7, 11) is 0. The third kappa shape index (κ3) is 4.11. The lowest BCUT2D eigenvalue weighted by Crippen LogP contribution is -2.22. The van der Waals surface area contributed by atoms with Crippen LogP contribution < -0.4 is 10.6 Å². The van der Waals surface area contributed by atoms with Crippen molar-refractivity contribution in [2.24, 2.45) is 0 Å². The van der Waals surface area contributed by atoms with Crippen molar-refractivity contribution in [2.75, 3.05) is 5.32 Å². The van der Waals surface area contributed by atoms with E-state index < -0.39 is 11.7 Å². The van der Waals surface area contributed by atoms with Crippen LogP contribution in [0.3, 0.4) is 0 Å². The summed E-state index contributed by atoms with van der Waals surface area (Å²) < 4.78 is 18.9. The lowest BCUT2D eigenvalue weighted by atomic mass is 10.2. The number of nitrogens with one attached hydrogen (secondary N) is 2. The van der Waals surface area contributed by atoms with Gasteiger partial charge in [-0.15, -0.1) is 0 Å². The number of carbonyl (C=O) groups excluding carboxylic acids is 2. The van der Waals surface area contributed by atoms with Gasteiger partial charge >= 0.3 is 0 Å². The zero-order valence-electron chi connectivity index (χ0n) is 13.2. The number of halogens is 1. The second-order valence-electron chi connectivity index (χ2n) is 5.25. The molecule has 0 aliphatic rings. The number of furan rings is 1. The normalized spacial score (nSPS) is 10.3. The Morgan fingerprint density at radius 2 is 1.60 bits per heavy atom. The van der Waals surface area contributed by atoms with Gasteiger partial charge in [0.15, 0.2) is 5.76 Å². The van der Waals surface area contributed by atoms with E-state index in [0.717, 1.165) is 0 Å². The summed E-state index contributed by atoms with van der Waals surface area (Å²) in [5.74, 6) is -0.881. The molecule has 0 atom stereocenters. The van der Waals surface area contributed by atoms with Gasteiger partial charge in [-0.25, -0.2) is 4.39 Å². The summed E-state index contributed by atoms with van der Waals surface area (Å²) >= 11 is 0. The van der Waals surface area contributed by atoms with E-state index in [-0.39, 0.29) is 23.9 Å². The van der Waals surface area contributed by atoms with E-state index in [9.17, 15) is 14.0 Å². The number of para-hydroxylation sites is 1. The average Bonchev–Trinajstić information content (AvgIpc) is 3.11. The summed E-state index contributed by atoms with van der Waals surface area (Å²) in [5.41, 5.74) is 0.606. The van der Waals surface area contributed by atoms with Crippen molar-refractivity contribution in [2.45, 2.75) is 6.54 Å². The molecule has 0 aliphatic carbocycles. The Bertz CT molecular complexity index is 890. The molecule has 2 aromatic carbocycles. The van der Waals surface area contributed by atoms with E-state index in [2.05, 4.69) is 10.6 Å². The topological polar surface area (TPSA) is 71.3 Å². The highest BCUT2D eigenvalue weighted by Gasteiger charge is 2.14. The average molecular weight is 338 g/mol. The molecule has 0 saturated heterocycles. The van der Waals surface area contributed by atoms with E-state index in [1.165, 1.54) is 24.3 Å². The number of amides is 2. The van der Waals surface area contributed by atoms with Crippen molar-refractivity contribution in [1.29, 1.82) is 0 Å². The van der Waals surface area contributed by atoms with Gasteiger partial charge < -0.3 is 15.1 Å². The smallest absolute Gasteiger partial charge is 0.291 e. The molecule has 25 heavy (non-hydrogen) atoms. The number of benzene rings is 2. The molecule has 6 heteroatoms. The van der Waals surface area contributed by atoms with Gasteiger partial charge in [0.05, 0.1) is 12.2 Å². The highest BCUT2D eigenvalue weighted by molar-refractivity contribution is 6.02. The molecule has 0 radical (unpaired) electrons. The first kappa shape index (κ1) is 16.4. The summed E-state index contributed by atoms with van der Waals surface area (Å²) in [5, 5.41) is 5.14. The van der Waals surface area contributed by atoms with Gasteiger partial charge in [0.1, 0.15) is 11.6 Å². The lowest BCUT2D eigenvalue weighted by molar-refractivity contribution is 0.0948. The summed E-state index contributed by atoms with van der Waals surface area (Å²) in [6, 6.07) is 17.7. The molecule has 0 aliphatic heterocycles. The highest BCUT2D eigenvalue weighted by Crippen LogP contribution is 2.15. The van der Waals surface area contributed by atoms with E-state index in [1.807, 2.05) is 6.07 Å². The van der Waals surface area contributed by atoms with Crippen LogP contribution >= 0.6 is 0 Å². The molecule has 0 saturated carbocycles. The SMILES string of the molecule is O=C(NCc1ccc(C(=O)Nc2ccccc2F)o1)c1ccccc1. The molecule has 0 bridgehead atoms. The van der Waals surface area contributed by atoms with Gasteiger partial charge in [0, 0.05) is 5.56 Å². The number of anilines is 1. The van der Waals surface area contributed by atoms with Crippen LogP contribution in [0, 0.1) is 5.82 Å². The molecule has 5 nitrogen and oxygen atoms in total. The maximum absolute atomic E-state index is 13.5. The summed E-state index contributed by atoms with van der Waals surface area (Å²) in [4.78, 5) is 24.0. The van der Waals surface area contributed by atoms with Crippen molar-refractivity contribution in [3.8, 4) is 0 Å². The van der Waals surface area contributed by atoms with Crippen molar-refractivity contribution < 1.29 is 18.4 Å². The predicted molar refractivity (Wildman–Crippen MR) is 90.7 cm³/mol. The number of hydrogen-bond donors (Lipinski definition) is 2. The first-order chi connectivity index (χ1) is 12.1. The van der Waals surface area contributed by atoms with Gasteiger partial charge in [-0.2, -0.15) is 0 Å². The Labute approximate surface area is 143 Å². The van der Waals surface area contributed by atoms with Crippen LogP contribution in [-0.2, 0) is 6.54 Å². The molecule has 0 spiro atoms. The Balaban J connectivity index is 1.59. The number of hydrogen-bond acceptors (Lipinski definition) is 3. The minimum Gasteiger partial charge on any atom is -0.454 e. The van der Waals surface area contributed by atoms with Crippen LogP contribution in [-0.4, -0.2) is 11.8 Å². The van der Waals surface area contributed by atoms with Crippen molar-refractivity contribution >= 4 is 17.5 Å². The minimum absolute atomic E-state index is 0.0345. The molecule has 1 heterocycles. The Morgan fingerprint density at radius 1 is 0.880 bits per heavy atom. The molecule has 3 rings (SSSR count). The molecular formula is C19H15FN2O3. The molecule has 1 aromatic heterocycles. The fourth-order valence-corrected chi connectivity index (χ4v) is 2.20. The van der Waals surface area contributed by atoms with E-state index in [4.69, 9.17) is 4.42 Å². The van der Waals surface area contributed by atoms with E-state index >= 15 is 0 Å². The zero-order chi connectivity index (χ0) is 17.6. The van der Waals surface area contributed by atoms with Gasteiger partial charge in [-0.3, -0.25) is 9.59 Å². The Morgan fingerprint density at radius 3 is 2.36 bits per heavy atom. The quantitative estimate of drug-likeness (QED) is 0.747. The molecule has 2 N–H and O–H groups in total. The molecule has 3 aromatic rings. The first-order valence-corrected chi connectivity index (χ1v) is 7.61. The van der Waals surface area contributed by atoms with Crippen LogP contribution in [0.5, 0.6) is 0 Å². The lowest BCUT2D eigenvalue weighted by Gasteiger charge is -2.04. The van der Waals surface area contributed by atoms with Gasteiger partial charge in [-0.05, 0) is 36.4 Å². The second-order valence-corrected chi connectivity index (χ2v) is 5.25. The summed E-state index contributed by atoms with van der Waals surface area (Å²) in [6.07, 6.45) is 0. The first-order valence-electron chi connectivity index (χ1n) is 7.61. The fourth-order valence-electron chi connectivity index (χ4n) is 2.20. The van der Waals surface area contributed by atoms with Crippen LogP contribution in [0.15, 0.2) is 71.1 Å². The number of rotatable bonds is 5. The maximum atomic E-state index is 13.5. The van der Waals surface area contributed by atoms with Crippen molar-refractivity contribution in [3.05, 3.63) is 89.6 Å². The van der Waals surface area contributed by atoms with Gasteiger partial charge in [0.25, 0.3) is 11.8 Å². The Kier molecular flexibility index (Phi) is 4.89. The van der Waals surface area contributed by atoms with E-state index in [1.54, 1.807) is 36.4 Å². The fraction of sp³-hybridized carbons (Fsp3) is 0.0526. The van der Waals surface area contributed by atoms with Crippen molar-refractivity contribution in [1.82, 2.24) is 5.32 Å². The van der Waals surface area contributed by atoms with Crippen LogP contribution in [0.1, 0.15) is 26.7 Å². The molecule has 0 unspecified atom stereocenters. The highest BCUT2D eigenvalue weighted by atomic mass is 19.1. The maximum Gasteiger partial charge on any atom is 0.291 e. The van der Waals surface area contributed by atoms with E-state index in [0.29, 0.717) is 11.3 Å². The monoisotopic (exact) mass is 338 g/mol. The Hall–Kier alpha value is -3.41. The zero-order valence-corrected chi connectivity index (χ0v) is 13.2. The van der Waals surface area contributed by atoms with Crippen LogP contribution in [0.25, 0.3) is 0 Å². The minimum atomic E-state index is -0.564. The number of carbonyl (C=O) groups is 2. The van der Waals surface area contributed by atoms with Gasteiger partial charge in [0.2, 0.25) is 0 Å². The van der Waals surface area contributed by atoms with Gasteiger partial charge in [-0.1, -0.05) is 30.3 Å². The molecule has 126 valence electrons. The third-order valence-electron chi connectivity index (χ3n) is 3.47. The molecule has 2 amide bonds. The third-order valence-corrected chi connectivity index (χ3v) is 3.47. The second kappa shape index (κ2) is 7.44. The standard InChI is InChI=1S/C19H15FN2O3/c20-15-8-4-5-9-16(15)22-19(24)17-11-10-14(25-17)12-21-18(23)13-6-2-1-3-7-13/h1-11H,12H2,(H,21,23)(H,22,24). The molecular weight excluding hydrogens is 323 g/mol.